The van der Waals surface area contributed by atoms with E-state index in [9.17, 15) is 9.18 Å². The molecule has 0 fully saturated rings. The number of likely N-dealkylation sites (N-methyl/N-ethyl adjacent to an activating group) is 1. The second-order valence-electron chi connectivity index (χ2n) is 3.70. The minimum Gasteiger partial charge on any atom is -0.335 e. The molecule has 0 spiro atoms. The van der Waals surface area contributed by atoms with Gasteiger partial charge in [0.25, 0.3) is 0 Å². The van der Waals surface area contributed by atoms with Crippen LogP contribution in [0.1, 0.15) is 12.5 Å². The first-order valence-corrected chi connectivity index (χ1v) is 4.84. The maximum absolute atomic E-state index is 13.5. The van der Waals surface area contributed by atoms with Gasteiger partial charge in [0.05, 0.1) is 6.04 Å². The molecule has 78 valence electrons. The Morgan fingerprint density at radius 1 is 1.33 bits per heavy atom. The van der Waals surface area contributed by atoms with Gasteiger partial charge < -0.3 is 4.90 Å². The Labute approximate surface area is 88.0 Å². The molecule has 0 saturated heterocycles. The molecule has 2 rings (SSSR count). The first-order valence-electron chi connectivity index (χ1n) is 4.84. The molecule has 0 N–H and O–H groups in total. The number of nitrogens with zero attached hydrogens (tertiary/aromatic N) is 1. The van der Waals surface area contributed by atoms with E-state index in [4.69, 9.17) is 0 Å². The molecule has 0 aromatic heterocycles. The van der Waals surface area contributed by atoms with E-state index < -0.39 is 0 Å². The summed E-state index contributed by atoms with van der Waals surface area (Å²) in [6, 6.07) is 6.46. The molecule has 3 heteroatoms. The van der Waals surface area contributed by atoms with Crippen molar-refractivity contribution in [3.63, 3.8) is 0 Å². The molecular weight excluding hydrogens is 193 g/mol. The van der Waals surface area contributed by atoms with E-state index >= 15 is 0 Å². The van der Waals surface area contributed by atoms with Crippen molar-refractivity contribution in [3.8, 4) is 0 Å². The topological polar surface area (TPSA) is 20.3 Å². The van der Waals surface area contributed by atoms with Crippen molar-refractivity contribution in [2.75, 3.05) is 7.05 Å². The molecule has 0 radical (unpaired) electrons. The van der Waals surface area contributed by atoms with E-state index in [0.29, 0.717) is 5.56 Å². The second kappa shape index (κ2) is 3.50. The van der Waals surface area contributed by atoms with Gasteiger partial charge >= 0.3 is 0 Å². The second-order valence-corrected chi connectivity index (χ2v) is 3.70. The lowest BCUT2D eigenvalue weighted by Gasteiger charge is -2.18. The first kappa shape index (κ1) is 9.90. The predicted molar refractivity (Wildman–Crippen MR) is 56.6 cm³/mol. The van der Waals surface area contributed by atoms with Gasteiger partial charge in [-0.3, -0.25) is 4.79 Å². The Hall–Kier alpha value is -1.64. The highest BCUT2D eigenvalue weighted by Crippen LogP contribution is 2.28. The highest BCUT2D eigenvalue weighted by Gasteiger charge is 2.27. The number of carbonyl (C=O) groups excluding carboxylic acids is 1. The lowest BCUT2D eigenvalue weighted by atomic mass is 10.0. The van der Waals surface area contributed by atoms with E-state index in [1.54, 1.807) is 30.1 Å². The van der Waals surface area contributed by atoms with Crippen LogP contribution in [0.15, 0.2) is 30.3 Å². The molecule has 0 bridgehead atoms. The third-order valence-corrected chi connectivity index (χ3v) is 2.84. The summed E-state index contributed by atoms with van der Waals surface area (Å²) in [4.78, 5) is 13.0. The van der Waals surface area contributed by atoms with Crippen LogP contribution in [0.2, 0.25) is 0 Å². The van der Waals surface area contributed by atoms with Crippen LogP contribution in [-0.4, -0.2) is 23.9 Å². The van der Waals surface area contributed by atoms with E-state index in [0.717, 1.165) is 5.57 Å². The van der Waals surface area contributed by atoms with E-state index in [-0.39, 0.29) is 17.8 Å². The van der Waals surface area contributed by atoms with Crippen molar-refractivity contribution in [2.45, 2.75) is 13.0 Å². The van der Waals surface area contributed by atoms with Crippen LogP contribution in [0.5, 0.6) is 0 Å². The molecule has 0 saturated carbocycles. The van der Waals surface area contributed by atoms with Crippen molar-refractivity contribution in [2.24, 2.45) is 0 Å². The van der Waals surface area contributed by atoms with Crippen molar-refractivity contribution in [3.05, 3.63) is 41.7 Å². The van der Waals surface area contributed by atoms with Gasteiger partial charge in [-0.1, -0.05) is 18.2 Å². The highest BCUT2D eigenvalue weighted by atomic mass is 19.1. The molecule has 0 aliphatic carbocycles. The zero-order valence-electron chi connectivity index (χ0n) is 8.70. The van der Waals surface area contributed by atoms with Crippen LogP contribution in [0, 0.1) is 5.82 Å². The normalized spacial score (nSPS) is 20.7. The fourth-order valence-electron chi connectivity index (χ4n) is 1.75. The van der Waals surface area contributed by atoms with Crippen molar-refractivity contribution >= 4 is 11.5 Å². The van der Waals surface area contributed by atoms with Crippen molar-refractivity contribution < 1.29 is 9.18 Å². The summed E-state index contributed by atoms with van der Waals surface area (Å²) in [5, 5.41) is 0. The highest BCUT2D eigenvalue weighted by molar-refractivity contribution is 6.01. The summed E-state index contributed by atoms with van der Waals surface area (Å²) >= 11 is 0. The minimum absolute atomic E-state index is 0.0607. The largest absolute Gasteiger partial charge is 0.335 e. The van der Waals surface area contributed by atoms with Gasteiger partial charge in [0.2, 0.25) is 5.91 Å². The number of rotatable bonds is 1. The van der Waals surface area contributed by atoms with Gasteiger partial charge in [-0.25, -0.2) is 4.39 Å². The molecule has 1 aromatic carbocycles. The molecule has 1 amide bonds. The average molecular weight is 205 g/mol. The van der Waals surface area contributed by atoms with Gasteiger partial charge in [-0.05, 0) is 18.6 Å². The lowest BCUT2D eigenvalue weighted by molar-refractivity contribution is -0.124. The van der Waals surface area contributed by atoms with Gasteiger partial charge in [-0.15, -0.1) is 0 Å². The third kappa shape index (κ3) is 1.54. The molecule has 1 atom stereocenters. The Kier molecular flexibility index (Phi) is 2.31. The summed E-state index contributed by atoms with van der Waals surface area (Å²) in [6.07, 6.45) is 1.50. The van der Waals surface area contributed by atoms with Gasteiger partial charge in [0, 0.05) is 18.7 Å². The third-order valence-electron chi connectivity index (χ3n) is 2.84. The zero-order chi connectivity index (χ0) is 11.0. The molecule has 1 aliphatic rings. The van der Waals surface area contributed by atoms with Crippen LogP contribution in [0.25, 0.3) is 5.57 Å². The van der Waals surface area contributed by atoms with Crippen LogP contribution < -0.4 is 0 Å². The lowest BCUT2D eigenvalue weighted by Crippen LogP contribution is -2.28. The van der Waals surface area contributed by atoms with Crippen LogP contribution in [0.4, 0.5) is 4.39 Å². The summed E-state index contributed by atoms with van der Waals surface area (Å²) in [5.41, 5.74) is 1.27. The number of halogens is 1. The molecule has 2 nitrogen and oxygen atoms in total. The number of carbonyl (C=O) groups is 1. The predicted octanol–water partition coefficient (Wildman–Crippen LogP) is 2.07. The molecule has 1 unspecified atom stereocenters. The smallest absolute Gasteiger partial charge is 0.247 e. The molecule has 15 heavy (non-hydrogen) atoms. The van der Waals surface area contributed by atoms with Crippen LogP contribution in [0.3, 0.4) is 0 Å². The quantitative estimate of drug-likeness (QED) is 0.687. The van der Waals surface area contributed by atoms with E-state index in [2.05, 4.69) is 0 Å². The fraction of sp³-hybridized carbons (Fsp3) is 0.250. The first-order chi connectivity index (χ1) is 7.11. The monoisotopic (exact) mass is 205 g/mol. The van der Waals surface area contributed by atoms with Gasteiger partial charge in [-0.2, -0.15) is 0 Å². The van der Waals surface area contributed by atoms with Crippen molar-refractivity contribution in [1.29, 1.82) is 0 Å². The van der Waals surface area contributed by atoms with E-state index in [1.807, 2.05) is 6.92 Å². The van der Waals surface area contributed by atoms with Crippen LogP contribution >= 0.6 is 0 Å². The summed E-state index contributed by atoms with van der Waals surface area (Å²) in [7, 11) is 1.72. The Bertz CT molecular complexity index is 439. The number of hydrogen-bond acceptors (Lipinski definition) is 1. The average Bonchev–Trinajstić information content (AvgIpc) is 2.47. The van der Waals surface area contributed by atoms with Crippen molar-refractivity contribution in [1.82, 2.24) is 4.90 Å². The SMILES string of the molecule is CC1C(c2ccccc2F)=CC(=O)N1C. The summed E-state index contributed by atoms with van der Waals surface area (Å²) < 4.78 is 13.5. The molecule has 1 aromatic rings. The molecular formula is C12H12FNO. The molecule has 1 heterocycles. The Morgan fingerprint density at radius 2 is 2.00 bits per heavy atom. The number of benzene rings is 1. The standard InChI is InChI=1S/C12H12FNO/c1-8-10(7-12(15)14(8)2)9-5-3-4-6-11(9)13/h3-8H,1-2H3. The van der Waals surface area contributed by atoms with Crippen LogP contribution in [-0.2, 0) is 4.79 Å². The number of amides is 1. The Balaban J connectivity index is 2.46. The number of hydrogen-bond donors (Lipinski definition) is 0. The van der Waals surface area contributed by atoms with Gasteiger partial charge in [0.15, 0.2) is 0 Å². The minimum atomic E-state index is -0.279. The van der Waals surface area contributed by atoms with Gasteiger partial charge in [0.1, 0.15) is 5.82 Å². The maximum atomic E-state index is 13.5. The fourth-order valence-corrected chi connectivity index (χ4v) is 1.75. The Morgan fingerprint density at radius 3 is 2.53 bits per heavy atom. The maximum Gasteiger partial charge on any atom is 0.247 e. The zero-order valence-corrected chi connectivity index (χ0v) is 8.70. The summed E-state index contributed by atoms with van der Waals surface area (Å²) in [6.45, 7) is 1.89. The van der Waals surface area contributed by atoms with E-state index in [1.165, 1.54) is 12.1 Å². The summed E-state index contributed by atoms with van der Waals surface area (Å²) in [5.74, 6) is -0.348. The molecule has 1 aliphatic heterocycles.